The summed E-state index contributed by atoms with van der Waals surface area (Å²) in [5, 5.41) is 25.8. The molecule has 0 aliphatic carbocycles. The van der Waals surface area contributed by atoms with Crippen molar-refractivity contribution in [3.8, 4) is 0 Å². The second kappa shape index (κ2) is 12.1. The van der Waals surface area contributed by atoms with Gasteiger partial charge in [0.15, 0.2) is 5.82 Å². The van der Waals surface area contributed by atoms with Gasteiger partial charge in [-0.25, -0.2) is 8.78 Å². The molecule has 38 heavy (non-hydrogen) atoms. The molecule has 2 aliphatic heterocycles. The number of aliphatic hydroxyl groups is 1. The predicted molar refractivity (Wildman–Crippen MR) is 136 cm³/mol. The fourth-order valence-corrected chi connectivity index (χ4v) is 5.24. The molecule has 3 atom stereocenters. The normalized spacial score (nSPS) is 21.2. The van der Waals surface area contributed by atoms with Crippen LogP contribution in [0, 0.1) is 0 Å². The molecule has 202 valence electrons. The Morgan fingerprint density at radius 1 is 1.03 bits per heavy atom. The minimum absolute atomic E-state index is 0.00208. The molecule has 0 saturated carbocycles. The smallest absolute Gasteiger partial charge is 0.259 e. The molecule has 0 unspecified atom stereocenters. The number of carbonyl (C=O) groups excluding carboxylic acids is 1. The molecule has 3 aromatic rings. The van der Waals surface area contributed by atoms with Crippen LogP contribution in [0.25, 0.3) is 0 Å². The summed E-state index contributed by atoms with van der Waals surface area (Å²) in [5.41, 5.74) is 2.75. The van der Waals surface area contributed by atoms with Crippen molar-refractivity contribution < 1.29 is 18.7 Å². The van der Waals surface area contributed by atoms with Gasteiger partial charge in [-0.2, -0.15) is 4.80 Å². The van der Waals surface area contributed by atoms with Gasteiger partial charge in [-0.1, -0.05) is 42.5 Å². The summed E-state index contributed by atoms with van der Waals surface area (Å²) in [7, 11) is 0. The number of hydrogen-bond donors (Lipinski definition) is 2. The molecule has 0 spiro atoms. The van der Waals surface area contributed by atoms with Crippen molar-refractivity contribution in [3.05, 3.63) is 77.1 Å². The highest BCUT2D eigenvalue weighted by molar-refractivity contribution is 5.94. The molecule has 1 amide bonds. The van der Waals surface area contributed by atoms with E-state index in [4.69, 9.17) is 0 Å². The molecule has 5 rings (SSSR count). The van der Waals surface area contributed by atoms with Crippen molar-refractivity contribution in [2.24, 2.45) is 0 Å². The lowest BCUT2D eigenvalue weighted by molar-refractivity contribution is 0.0625. The zero-order valence-electron chi connectivity index (χ0n) is 21.2. The van der Waals surface area contributed by atoms with Crippen molar-refractivity contribution >= 4 is 5.91 Å². The number of amides is 1. The predicted octanol–water partition coefficient (Wildman–Crippen LogP) is 2.29. The van der Waals surface area contributed by atoms with Crippen LogP contribution < -0.4 is 5.32 Å². The van der Waals surface area contributed by atoms with E-state index in [1.165, 1.54) is 0 Å². The molecule has 2 saturated heterocycles. The first kappa shape index (κ1) is 26.3. The molecule has 2 fully saturated rings. The van der Waals surface area contributed by atoms with Gasteiger partial charge in [0.05, 0.1) is 12.6 Å². The molecule has 1 aromatic heterocycles. The van der Waals surface area contributed by atoms with Crippen LogP contribution in [0.1, 0.15) is 46.3 Å². The second-order valence-corrected chi connectivity index (χ2v) is 10.0. The summed E-state index contributed by atoms with van der Waals surface area (Å²) in [4.78, 5) is 17.9. The van der Waals surface area contributed by atoms with Gasteiger partial charge in [0, 0.05) is 43.8 Å². The summed E-state index contributed by atoms with van der Waals surface area (Å²) >= 11 is 0. The fourth-order valence-electron chi connectivity index (χ4n) is 5.24. The number of tetrazole rings is 1. The zero-order chi connectivity index (χ0) is 26.5. The second-order valence-electron chi connectivity index (χ2n) is 10.0. The number of carbonyl (C=O) groups is 1. The van der Waals surface area contributed by atoms with Gasteiger partial charge < -0.3 is 15.3 Å². The summed E-state index contributed by atoms with van der Waals surface area (Å²) < 4.78 is 24.9. The molecule has 0 bridgehead atoms. The number of rotatable bonds is 9. The highest BCUT2D eigenvalue weighted by atomic mass is 19.3. The maximum atomic E-state index is 13.0. The van der Waals surface area contributed by atoms with Crippen LogP contribution in [0.4, 0.5) is 8.78 Å². The summed E-state index contributed by atoms with van der Waals surface area (Å²) in [6, 6.07) is 17.9. The Kier molecular flexibility index (Phi) is 8.35. The number of nitrogens with one attached hydrogen (secondary N) is 1. The van der Waals surface area contributed by atoms with Gasteiger partial charge in [-0.3, -0.25) is 9.69 Å². The van der Waals surface area contributed by atoms with E-state index in [1.807, 2.05) is 59.5 Å². The van der Waals surface area contributed by atoms with Gasteiger partial charge in [-0.05, 0) is 47.7 Å². The average molecular weight is 526 g/mol. The number of aromatic nitrogens is 4. The maximum absolute atomic E-state index is 13.0. The van der Waals surface area contributed by atoms with Crippen LogP contribution >= 0.6 is 0 Å². The molecule has 0 radical (unpaired) electrons. The van der Waals surface area contributed by atoms with Crippen molar-refractivity contribution in [2.45, 2.75) is 57.0 Å². The van der Waals surface area contributed by atoms with E-state index in [-0.39, 0.29) is 11.9 Å². The first-order valence-corrected chi connectivity index (χ1v) is 13.1. The third-order valence-corrected chi connectivity index (χ3v) is 7.30. The Labute approximate surface area is 220 Å². The van der Waals surface area contributed by atoms with Crippen molar-refractivity contribution in [3.63, 3.8) is 0 Å². The Balaban J connectivity index is 1.07. The third kappa shape index (κ3) is 6.58. The molecule has 2 aromatic carbocycles. The Bertz CT molecular complexity index is 1180. The largest absolute Gasteiger partial charge is 0.387 e. The van der Waals surface area contributed by atoms with Gasteiger partial charge in [0.1, 0.15) is 6.54 Å². The highest BCUT2D eigenvalue weighted by Crippen LogP contribution is 2.26. The van der Waals surface area contributed by atoms with Gasteiger partial charge in [-0.15, -0.1) is 10.2 Å². The lowest BCUT2D eigenvalue weighted by Crippen LogP contribution is -2.48. The van der Waals surface area contributed by atoms with Crippen molar-refractivity contribution in [2.75, 3.05) is 26.2 Å². The van der Waals surface area contributed by atoms with Gasteiger partial charge in [0.25, 0.3) is 12.3 Å². The van der Waals surface area contributed by atoms with E-state index in [2.05, 4.69) is 25.6 Å². The van der Waals surface area contributed by atoms with Crippen LogP contribution in [0.2, 0.25) is 0 Å². The standard InChI is InChI=1S/C27H33F2N7O2/c28-24(29)17-36-32-25(31-33-36)18-34-12-14-35(15-13-34)27(38)21-8-6-19(7-9-21)16-22-10-11-23(30-22)26(37)20-4-2-1-3-5-20/h1-9,22-24,26,30,37H,10-18H2/t22-,23+,26+/m0/s1. The number of halogens is 2. The number of hydrogen-bond acceptors (Lipinski definition) is 7. The first-order chi connectivity index (χ1) is 18.4. The molecular weight excluding hydrogens is 492 g/mol. The zero-order valence-corrected chi connectivity index (χ0v) is 21.2. The van der Waals surface area contributed by atoms with E-state index >= 15 is 0 Å². The molecule has 2 aliphatic rings. The maximum Gasteiger partial charge on any atom is 0.259 e. The molecule has 11 heteroatoms. The van der Waals surface area contributed by atoms with Crippen molar-refractivity contribution in [1.82, 2.24) is 35.3 Å². The van der Waals surface area contributed by atoms with Gasteiger partial charge in [0.2, 0.25) is 0 Å². The number of aliphatic hydroxyl groups excluding tert-OH is 1. The van der Waals surface area contributed by atoms with Gasteiger partial charge >= 0.3 is 0 Å². The Morgan fingerprint density at radius 3 is 2.47 bits per heavy atom. The third-order valence-electron chi connectivity index (χ3n) is 7.30. The van der Waals surface area contributed by atoms with Crippen LogP contribution in [0.15, 0.2) is 54.6 Å². The number of alkyl halides is 2. The minimum atomic E-state index is -2.52. The SMILES string of the molecule is O=C(c1ccc(C[C@@H]2CC[C@H]([C@H](O)c3ccccc3)N2)cc1)N1CCN(Cc2nnn(CC(F)F)n2)CC1. The van der Waals surface area contributed by atoms with E-state index in [0.717, 1.165) is 35.2 Å². The first-order valence-electron chi connectivity index (χ1n) is 13.1. The van der Waals surface area contributed by atoms with E-state index in [9.17, 15) is 18.7 Å². The topological polar surface area (TPSA) is 99.4 Å². The summed E-state index contributed by atoms with van der Waals surface area (Å²) in [6.45, 7) is 2.29. The lowest BCUT2D eigenvalue weighted by Gasteiger charge is -2.34. The minimum Gasteiger partial charge on any atom is -0.387 e. The molecule has 2 N–H and O–H groups in total. The van der Waals surface area contributed by atoms with Crippen molar-refractivity contribution in [1.29, 1.82) is 0 Å². The monoisotopic (exact) mass is 525 g/mol. The molecule has 9 nitrogen and oxygen atoms in total. The molecular formula is C27H33F2N7O2. The number of nitrogens with zero attached hydrogens (tertiary/aromatic N) is 6. The van der Waals surface area contributed by atoms with E-state index < -0.39 is 19.1 Å². The highest BCUT2D eigenvalue weighted by Gasteiger charge is 2.30. The fraction of sp³-hybridized carbons (Fsp3) is 0.481. The van der Waals surface area contributed by atoms with E-state index in [1.54, 1.807) is 0 Å². The average Bonchev–Trinajstić information content (AvgIpc) is 3.58. The lowest BCUT2D eigenvalue weighted by atomic mass is 10.0. The van der Waals surface area contributed by atoms with Crippen LogP contribution in [-0.2, 0) is 19.5 Å². The summed E-state index contributed by atoms with van der Waals surface area (Å²) in [6.07, 6.45) is -0.268. The van der Waals surface area contributed by atoms with E-state index in [0.29, 0.717) is 50.2 Å². The quantitative estimate of drug-likeness (QED) is 0.442. The number of piperazine rings is 1. The van der Waals surface area contributed by atoms with Crippen LogP contribution in [0.5, 0.6) is 0 Å². The number of benzene rings is 2. The Morgan fingerprint density at radius 2 is 1.76 bits per heavy atom. The van der Waals surface area contributed by atoms with Crippen LogP contribution in [0.3, 0.4) is 0 Å². The summed E-state index contributed by atoms with van der Waals surface area (Å²) in [5.74, 6) is 0.404. The Hall–Kier alpha value is -3.28. The van der Waals surface area contributed by atoms with Crippen LogP contribution in [-0.4, -0.2) is 85.7 Å². The molecule has 3 heterocycles.